The number of pyridine rings is 1. The van der Waals surface area contributed by atoms with Gasteiger partial charge in [0.25, 0.3) is 5.91 Å². The normalized spacial score (nSPS) is 20.8. The summed E-state index contributed by atoms with van der Waals surface area (Å²) in [7, 11) is 1.84. The summed E-state index contributed by atoms with van der Waals surface area (Å²) in [5.41, 5.74) is 2.66. The van der Waals surface area contributed by atoms with E-state index in [4.69, 9.17) is 4.74 Å². The van der Waals surface area contributed by atoms with Crippen molar-refractivity contribution in [1.29, 1.82) is 0 Å². The monoisotopic (exact) mass is 401 g/mol. The summed E-state index contributed by atoms with van der Waals surface area (Å²) in [6, 6.07) is 2.00. The van der Waals surface area contributed by atoms with Gasteiger partial charge in [-0.15, -0.1) is 5.10 Å². The number of nitrogens with one attached hydrogen (secondary N) is 1. The molecule has 2 unspecified atom stereocenters. The molecule has 1 aliphatic rings. The van der Waals surface area contributed by atoms with Crippen molar-refractivity contribution in [2.24, 2.45) is 18.9 Å². The Kier molecular flexibility index (Phi) is 6.17. The van der Waals surface area contributed by atoms with Crippen LogP contribution in [-0.4, -0.2) is 57.4 Å². The van der Waals surface area contributed by atoms with E-state index in [0.29, 0.717) is 24.3 Å². The smallest absolute Gasteiger partial charge is 0.258 e. The summed E-state index contributed by atoms with van der Waals surface area (Å²) in [4.78, 5) is 19.5. The van der Waals surface area contributed by atoms with Crippen molar-refractivity contribution in [2.75, 3.05) is 26.2 Å². The van der Waals surface area contributed by atoms with Gasteiger partial charge in [0.15, 0.2) is 12.3 Å². The number of ether oxygens (including phenoxy) is 1. The number of aromatic nitrogens is 3. The van der Waals surface area contributed by atoms with Crippen molar-refractivity contribution in [3.05, 3.63) is 17.3 Å². The number of piperidine rings is 1. The molecule has 0 saturated carbocycles. The van der Waals surface area contributed by atoms with Gasteiger partial charge in [0.2, 0.25) is 5.88 Å². The van der Waals surface area contributed by atoms with Gasteiger partial charge in [-0.25, -0.2) is 9.67 Å². The molecule has 1 N–H and O–H groups in total. The zero-order valence-electron chi connectivity index (χ0n) is 18.9. The highest BCUT2D eigenvalue weighted by molar-refractivity contribution is 5.85. The van der Waals surface area contributed by atoms with Crippen LogP contribution in [0.4, 0.5) is 0 Å². The molecule has 2 atom stereocenters. The minimum Gasteiger partial charge on any atom is -0.466 e. The highest BCUT2D eigenvalue weighted by atomic mass is 16.5. The predicted octanol–water partition coefficient (Wildman–Crippen LogP) is 2.84. The van der Waals surface area contributed by atoms with Crippen molar-refractivity contribution in [2.45, 2.75) is 53.5 Å². The molecule has 29 heavy (non-hydrogen) atoms. The Morgan fingerprint density at radius 3 is 2.59 bits per heavy atom. The molecule has 1 saturated heterocycles. The number of rotatable bonds is 6. The van der Waals surface area contributed by atoms with Crippen LogP contribution in [-0.2, 0) is 11.8 Å². The van der Waals surface area contributed by atoms with Crippen LogP contribution in [0.15, 0.2) is 6.07 Å². The quantitative estimate of drug-likeness (QED) is 0.806. The Hall–Kier alpha value is -2.15. The van der Waals surface area contributed by atoms with Gasteiger partial charge < -0.3 is 10.1 Å². The fraction of sp³-hybridized carbons (Fsp3) is 0.682. The van der Waals surface area contributed by atoms with Crippen LogP contribution in [0.25, 0.3) is 11.0 Å². The second-order valence-electron chi connectivity index (χ2n) is 9.44. The van der Waals surface area contributed by atoms with Gasteiger partial charge in [0, 0.05) is 37.9 Å². The fourth-order valence-corrected chi connectivity index (χ4v) is 4.42. The lowest BCUT2D eigenvalue weighted by atomic mass is 9.88. The van der Waals surface area contributed by atoms with E-state index in [1.807, 2.05) is 27.0 Å². The van der Waals surface area contributed by atoms with E-state index in [-0.39, 0.29) is 18.1 Å². The highest BCUT2D eigenvalue weighted by Gasteiger charge is 2.33. The van der Waals surface area contributed by atoms with E-state index in [2.05, 4.69) is 48.0 Å². The molecular weight excluding hydrogens is 366 g/mol. The average molecular weight is 402 g/mol. The molecule has 7 heteroatoms. The lowest BCUT2D eigenvalue weighted by molar-refractivity contribution is -0.123. The molecule has 1 aliphatic heterocycles. The first-order valence-electron chi connectivity index (χ1n) is 10.5. The first-order valence-corrected chi connectivity index (χ1v) is 10.5. The maximum Gasteiger partial charge on any atom is 0.258 e. The van der Waals surface area contributed by atoms with Gasteiger partial charge >= 0.3 is 0 Å². The largest absolute Gasteiger partial charge is 0.466 e. The lowest BCUT2D eigenvalue weighted by Gasteiger charge is -2.45. The predicted molar refractivity (Wildman–Crippen MR) is 115 cm³/mol. The average Bonchev–Trinajstić information content (AvgIpc) is 2.93. The summed E-state index contributed by atoms with van der Waals surface area (Å²) in [6.07, 6.45) is 1.28. The van der Waals surface area contributed by atoms with Crippen molar-refractivity contribution in [3.63, 3.8) is 0 Å². The Bertz CT molecular complexity index is 879. The molecule has 2 aromatic rings. The van der Waals surface area contributed by atoms with Gasteiger partial charge in [-0.05, 0) is 57.6 Å². The number of amides is 1. The number of likely N-dealkylation sites (tertiary alicyclic amines) is 1. The van der Waals surface area contributed by atoms with Crippen LogP contribution in [0.1, 0.15) is 45.4 Å². The Morgan fingerprint density at radius 2 is 1.93 bits per heavy atom. The maximum absolute atomic E-state index is 12.5. The van der Waals surface area contributed by atoms with E-state index in [9.17, 15) is 4.79 Å². The zero-order chi connectivity index (χ0) is 21.3. The van der Waals surface area contributed by atoms with E-state index in [1.165, 1.54) is 6.42 Å². The first-order chi connectivity index (χ1) is 13.6. The molecule has 3 heterocycles. The van der Waals surface area contributed by atoms with Crippen LogP contribution in [0.3, 0.4) is 0 Å². The van der Waals surface area contributed by atoms with Crippen molar-refractivity contribution in [1.82, 2.24) is 25.0 Å². The number of carbonyl (C=O) groups excluding carboxylic acids is 1. The van der Waals surface area contributed by atoms with Gasteiger partial charge in [-0.1, -0.05) is 13.8 Å². The maximum atomic E-state index is 12.5. The Labute approximate surface area is 173 Å². The van der Waals surface area contributed by atoms with E-state index >= 15 is 0 Å². The van der Waals surface area contributed by atoms with E-state index < -0.39 is 0 Å². The van der Waals surface area contributed by atoms with Gasteiger partial charge in [0.1, 0.15) is 0 Å². The van der Waals surface area contributed by atoms with Crippen molar-refractivity contribution >= 4 is 16.9 Å². The molecule has 2 aromatic heterocycles. The van der Waals surface area contributed by atoms with Crippen molar-refractivity contribution < 1.29 is 9.53 Å². The number of nitrogens with zero attached hydrogens (tertiary/aromatic N) is 4. The van der Waals surface area contributed by atoms with Crippen LogP contribution in [0.5, 0.6) is 5.88 Å². The first kappa shape index (κ1) is 21.6. The molecule has 0 aliphatic carbocycles. The summed E-state index contributed by atoms with van der Waals surface area (Å²) in [5.74, 6) is 1.71. The minimum absolute atomic E-state index is 0.0533. The lowest BCUT2D eigenvalue weighted by Crippen LogP contribution is -2.56. The second kappa shape index (κ2) is 8.30. The van der Waals surface area contributed by atoms with Gasteiger partial charge in [-0.2, -0.15) is 0 Å². The zero-order valence-corrected chi connectivity index (χ0v) is 18.9. The molecular formula is C22H35N5O2. The number of hydrogen-bond donors (Lipinski definition) is 1. The topological polar surface area (TPSA) is 72.3 Å². The molecule has 1 amide bonds. The molecule has 3 rings (SSSR count). The third-order valence-corrected chi connectivity index (χ3v) is 5.87. The van der Waals surface area contributed by atoms with Gasteiger partial charge in [0.05, 0.1) is 5.39 Å². The van der Waals surface area contributed by atoms with E-state index in [1.54, 1.807) is 4.68 Å². The van der Waals surface area contributed by atoms with Crippen LogP contribution in [0, 0.1) is 25.7 Å². The van der Waals surface area contributed by atoms with Crippen LogP contribution < -0.4 is 10.1 Å². The Morgan fingerprint density at radius 1 is 1.28 bits per heavy atom. The second-order valence-corrected chi connectivity index (χ2v) is 9.44. The van der Waals surface area contributed by atoms with E-state index in [0.717, 1.165) is 35.4 Å². The molecule has 0 spiro atoms. The number of hydrogen-bond acceptors (Lipinski definition) is 5. The van der Waals surface area contributed by atoms with Gasteiger partial charge in [-0.3, -0.25) is 9.69 Å². The summed E-state index contributed by atoms with van der Waals surface area (Å²) >= 11 is 0. The Balaban J connectivity index is 1.59. The number of fused-ring (bicyclic) bond motifs is 1. The van der Waals surface area contributed by atoms with Crippen molar-refractivity contribution in [3.8, 4) is 5.88 Å². The molecule has 0 aromatic carbocycles. The third kappa shape index (κ3) is 4.89. The summed E-state index contributed by atoms with van der Waals surface area (Å²) in [5, 5.41) is 8.31. The standard InChI is InChI=1S/C22H35N5O2/c1-14-8-15(2)11-27(10-14)22(5,6)13-23-18(28)12-29-21-19-16(3)9-17(4)24-20(19)26(7)25-21/h9,14-15H,8,10-13H2,1-7H3,(H,23,28). The summed E-state index contributed by atoms with van der Waals surface area (Å²) in [6.45, 7) is 15.7. The molecule has 0 radical (unpaired) electrons. The number of carbonyl (C=O) groups is 1. The van der Waals surface area contributed by atoms with Crippen LogP contribution >= 0.6 is 0 Å². The SMILES string of the molecule is Cc1cc(C)c2c(OCC(=O)NCC(C)(C)N3CC(C)CC(C)C3)nn(C)c2n1. The molecule has 160 valence electrons. The summed E-state index contributed by atoms with van der Waals surface area (Å²) < 4.78 is 7.47. The molecule has 0 bridgehead atoms. The molecule has 1 fully saturated rings. The number of aryl methyl sites for hydroxylation is 3. The molecule has 7 nitrogen and oxygen atoms in total. The highest BCUT2D eigenvalue weighted by Crippen LogP contribution is 2.28. The fourth-order valence-electron chi connectivity index (χ4n) is 4.42. The third-order valence-electron chi connectivity index (χ3n) is 5.87. The van der Waals surface area contributed by atoms with Crippen LogP contribution in [0.2, 0.25) is 0 Å². The minimum atomic E-state index is -0.132.